The number of nitrogens with zero attached hydrogens (tertiary/aromatic N) is 3. The molecule has 10 heteroatoms. The Kier molecular flexibility index (Phi) is 5.31. The molecule has 31 heavy (non-hydrogen) atoms. The van der Waals surface area contributed by atoms with E-state index in [2.05, 4.69) is 25.6 Å². The number of benzene rings is 1. The van der Waals surface area contributed by atoms with Crippen LogP contribution in [-0.2, 0) is 11.3 Å². The summed E-state index contributed by atoms with van der Waals surface area (Å²) >= 11 is 7.49. The highest BCUT2D eigenvalue weighted by molar-refractivity contribution is 7.21. The quantitative estimate of drug-likeness (QED) is 0.431. The number of thiophene rings is 1. The number of aromatic nitrogens is 3. The third-order valence-corrected chi connectivity index (χ3v) is 6.19. The van der Waals surface area contributed by atoms with E-state index in [1.807, 2.05) is 25.1 Å². The van der Waals surface area contributed by atoms with Crippen molar-refractivity contribution in [3.05, 3.63) is 46.1 Å². The van der Waals surface area contributed by atoms with Gasteiger partial charge in [0.15, 0.2) is 0 Å². The Bertz CT molecular complexity index is 1310. The number of anilines is 1. The van der Waals surface area contributed by atoms with Crippen molar-refractivity contribution in [2.75, 3.05) is 25.0 Å². The van der Waals surface area contributed by atoms with Gasteiger partial charge in [0.1, 0.15) is 10.0 Å². The zero-order valence-electron chi connectivity index (χ0n) is 16.6. The van der Waals surface area contributed by atoms with Crippen molar-refractivity contribution >= 4 is 55.7 Å². The van der Waals surface area contributed by atoms with E-state index in [0.29, 0.717) is 59.1 Å². The molecule has 3 aromatic heterocycles. The summed E-state index contributed by atoms with van der Waals surface area (Å²) in [6.07, 6.45) is 1.55. The van der Waals surface area contributed by atoms with Crippen LogP contribution in [0.2, 0.25) is 5.15 Å². The lowest BCUT2D eigenvalue weighted by atomic mass is 10.1. The fourth-order valence-corrected chi connectivity index (χ4v) is 4.67. The van der Waals surface area contributed by atoms with Gasteiger partial charge in [-0.3, -0.25) is 4.79 Å². The van der Waals surface area contributed by atoms with Crippen molar-refractivity contribution in [3.8, 4) is 11.8 Å². The minimum absolute atomic E-state index is 0.0730. The second-order valence-electron chi connectivity index (χ2n) is 6.84. The summed E-state index contributed by atoms with van der Waals surface area (Å²) in [5, 5.41) is 7.45. The molecule has 4 aromatic rings. The van der Waals surface area contributed by atoms with Crippen LogP contribution in [-0.4, -0.2) is 40.6 Å². The average Bonchev–Trinajstić information content (AvgIpc) is 3.05. The maximum absolute atomic E-state index is 12.4. The first-order valence-corrected chi connectivity index (χ1v) is 11.0. The smallest absolute Gasteiger partial charge is 0.263 e. The van der Waals surface area contributed by atoms with Gasteiger partial charge in [0.2, 0.25) is 11.8 Å². The SMILES string of the molecule is CCOCc1ccc(Cl)nc1Oc1cnc2c(ccc3sc4c(c32)NCCNC4=O)n1. The zero-order chi connectivity index (χ0) is 21.4. The molecule has 158 valence electrons. The molecule has 0 saturated carbocycles. The zero-order valence-corrected chi connectivity index (χ0v) is 18.1. The number of halogens is 1. The number of fused-ring (bicyclic) bond motifs is 5. The number of hydrogen-bond donors (Lipinski definition) is 2. The third kappa shape index (κ3) is 3.76. The Balaban J connectivity index is 1.56. The first kappa shape index (κ1) is 19.9. The fourth-order valence-electron chi connectivity index (χ4n) is 3.43. The van der Waals surface area contributed by atoms with Crippen molar-refractivity contribution in [3.63, 3.8) is 0 Å². The second kappa shape index (κ2) is 8.26. The first-order valence-electron chi connectivity index (χ1n) is 9.79. The molecule has 0 spiro atoms. The third-order valence-electron chi connectivity index (χ3n) is 4.83. The highest BCUT2D eigenvalue weighted by atomic mass is 35.5. The molecule has 0 bridgehead atoms. The van der Waals surface area contributed by atoms with Gasteiger partial charge in [-0.25, -0.2) is 15.0 Å². The fraction of sp³-hybridized carbons (Fsp3) is 0.238. The Hall–Kier alpha value is -3.01. The highest BCUT2D eigenvalue weighted by Gasteiger charge is 2.23. The number of hydrogen-bond acceptors (Lipinski definition) is 8. The molecule has 0 radical (unpaired) electrons. The number of amides is 1. The van der Waals surface area contributed by atoms with E-state index in [-0.39, 0.29) is 5.91 Å². The Morgan fingerprint density at radius 3 is 2.90 bits per heavy atom. The molecule has 5 rings (SSSR count). The van der Waals surface area contributed by atoms with E-state index in [1.165, 1.54) is 11.3 Å². The lowest BCUT2D eigenvalue weighted by molar-refractivity contribution is 0.0962. The van der Waals surface area contributed by atoms with Gasteiger partial charge < -0.3 is 20.1 Å². The number of nitrogens with one attached hydrogen (secondary N) is 2. The Morgan fingerprint density at radius 2 is 2.03 bits per heavy atom. The van der Waals surface area contributed by atoms with Crippen molar-refractivity contribution in [1.82, 2.24) is 20.3 Å². The maximum Gasteiger partial charge on any atom is 0.263 e. The lowest BCUT2D eigenvalue weighted by Crippen LogP contribution is -2.24. The molecule has 8 nitrogen and oxygen atoms in total. The minimum Gasteiger partial charge on any atom is -0.419 e. The van der Waals surface area contributed by atoms with E-state index in [9.17, 15) is 4.79 Å². The van der Waals surface area contributed by atoms with Crippen molar-refractivity contribution in [2.45, 2.75) is 13.5 Å². The van der Waals surface area contributed by atoms with Crippen molar-refractivity contribution in [1.29, 1.82) is 0 Å². The lowest BCUT2D eigenvalue weighted by Gasteiger charge is -2.10. The molecule has 0 atom stereocenters. The van der Waals surface area contributed by atoms with Crippen LogP contribution < -0.4 is 15.4 Å². The van der Waals surface area contributed by atoms with Gasteiger partial charge >= 0.3 is 0 Å². The van der Waals surface area contributed by atoms with Gasteiger partial charge in [-0.2, -0.15) is 0 Å². The highest BCUT2D eigenvalue weighted by Crippen LogP contribution is 2.40. The van der Waals surface area contributed by atoms with Crippen LogP contribution in [0.25, 0.3) is 21.1 Å². The van der Waals surface area contributed by atoms with Gasteiger partial charge in [-0.05, 0) is 31.2 Å². The second-order valence-corrected chi connectivity index (χ2v) is 8.28. The van der Waals surface area contributed by atoms with Crippen LogP contribution in [0.3, 0.4) is 0 Å². The number of carbonyl (C=O) groups excluding carboxylic acids is 1. The first-order chi connectivity index (χ1) is 15.1. The number of pyridine rings is 1. The summed E-state index contributed by atoms with van der Waals surface area (Å²) in [5.74, 6) is 0.556. The van der Waals surface area contributed by atoms with Crippen molar-refractivity contribution in [2.24, 2.45) is 0 Å². The maximum atomic E-state index is 12.4. The van der Waals surface area contributed by atoms with Gasteiger partial charge in [0.05, 0.1) is 29.5 Å². The van der Waals surface area contributed by atoms with Crippen LogP contribution in [0.1, 0.15) is 22.2 Å². The molecule has 1 aromatic carbocycles. The summed E-state index contributed by atoms with van der Waals surface area (Å²) in [5.41, 5.74) is 2.93. The molecule has 1 amide bonds. The van der Waals surface area contributed by atoms with E-state index >= 15 is 0 Å². The Morgan fingerprint density at radius 1 is 1.16 bits per heavy atom. The van der Waals surface area contributed by atoms with Crippen LogP contribution in [0.4, 0.5) is 5.69 Å². The largest absolute Gasteiger partial charge is 0.419 e. The van der Waals surface area contributed by atoms with Gasteiger partial charge in [-0.15, -0.1) is 11.3 Å². The predicted molar refractivity (Wildman–Crippen MR) is 120 cm³/mol. The topological polar surface area (TPSA) is 98.3 Å². The van der Waals surface area contributed by atoms with E-state index < -0.39 is 0 Å². The molecular weight excluding hydrogens is 438 g/mol. The number of rotatable bonds is 5. The molecule has 0 fully saturated rings. The van der Waals surface area contributed by atoms with Crippen LogP contribution in [0.15, 0.2) is 30.5 Å². The van der Waals surface area contributed by atoms with Crippen LogP contribution >= 0.6 is 22.9 Å². The Labute approximate surface area is 186 Å². The normalized spacial score (nSPS) is 13.5. The minimum atomic E-state index is -0.0730. The molecule has 0 saturated heterocycles. The molecule has 0 unspecified atom stereocenters. The summed E-state index contributed by atoms with van der Waals surface area (Å²) < 4.78 is 12.4. The monoisotopic (exact) mass is 455 g/mol. The predicted octanol–water partition coefficient (Wildman–Crippen LogP) is 4.38. The van der Waals surface area contributed by atoms with Crippen LogP contribution in [0, 0.1) is 0 Å². The summed E-state index contributed by atoms with van der Waals surface area (Å²) in [6, 6.07) is 7.33. The summed E-state index contributed by atoms with van der Waals surface area (Å²) in [6.45, 7) is 4.08. The molecule has 4 heterocycles. The molecule has 1 aliphatic heterocycles. The van der Waals surface area contributed by atoms with E-state index in [4.69, 9.17) is 21.1 Å². The standard InChI is InChI=1S/C21H18ClN5O3S/c1-2-29-10-11-3-6-14(22)27-21(11)30-15-9-25-17-12(26-15)4-5-13-16(17)18-19(31-13)20(28)24-8-7-23-18/h3-6,9,23H,2,7-8,10H2,1H3,(H,24,28). The van der Waals surface area contributed by atoms with E-state index in [1.54, 1.807) is 12.3 Å². The van der Waals surface area contributed by atoms with Gasteiger partial charge in [-0.1, -0.05) is 11.6 Å². The molecule has 2 N–H and O–H groups in total. The van der Waals surface area contributed by atoms with Crippen LogP contribution in [0.5, 0.6) is 11.8 Å². The molecule has 1 aliphatic rings. The van der Waals surface area contributed by atoms with Gasteiger partial charge in [0.25, 0.3) is 5.91 Å². The molecular formula is C21H18ClN5O3S. The average molecular weight is 456 g/mol. The number of ether oxygens (including phenoxy) is 2. The number of carbonyl (C=O) groups is 1. The summed E-state index contributed by atoms with van der Waals surface area (Å²) in [4.78, 5) is 26.5. The van der Waals surface area contributed by atoms with Crippen molar-refractivity contribution < 1.29 is 14.3 Å². The summed E-state index contributed by atoms with van der Waals surface area (Å²) in [7, 11) is 0. The van der Waals surface area contributed by atoms with E-state index in [0.717, 1.165) is 21.3 Å². The molecule has 0 aliphatic carbocycles. The van der Waals surface area contributed by atoms with Gasteiger partial charge in [0, 0.05) is 35.3 Å².